The van der Waals surface area contributed by atoms with Gasteiger partial charge in [0, 0.05) is 31.3 Å². The second kappa shape index (κ2) is 6.72. The van der Waals surface area contributed by atoms with Gasteiger partial charge in [-0.05, 0) is 48.9 Å². The molecule has 0 spiro atoms. The number of nitrogens with zero attached hydrogens (tertiary/aromatic N) is 3. The molecular weight excluding hydrogens is 276 g/mol. The van der Waals surface area contributed by atoms with E-state index in [4.69, 9.17) is 11.0 Å². The molecule has 1 aromatic carbocycles. The molecule has 0 aliphatic rings. The Kier molecular flexibility index (Phi) is 4.74. The van der Waals surface area contributed by atoms with Gasteiger partial charge in [-0.1, -0.05) is 0 Å². The van der Waals surface area contributed by atoms with Crippen LogP contribution in [0.1, 0.15) is 27.2 Å². The van der Waals surface area contributed by atoms with Crippen molar-refractivity contribution in [1.29, 1.82) is 5.26 Å². The molecule has 0 aliphatic carbocycles. The van der Waals surface area contributed by atoms with Gasteiger partial charge < -0.3 is 10.6 Å². The average molecular weight is 294 g/mol. The summed E-state index contributed by atoms with van der Waals surface area (Å²) in [5, 5.41) is 8.77. The highest BCUT2D eigenvalue weighted by atomic mass is 16.2. The van der Waals surface area contributed by atoms with Crippen LogP contribution in [0.25, 0.3) is 0 Å². The largest absolute Gasteiger partial charge is 0.384 e. The van der Waals surface area contributed by atoms with Crippen molar-refractivity contribution in [3.8, 4) is 6.07 Å². The van der Waals surface area contributed by atoms with Gasteiger partial charge in [-0.15, -0.1) is 0 Å². The molecule has 2 rings (SSSR count). The standard InChI is InChI=1S/C17H18N4O/c1-12-9-15(20-16(19)10-12)7-8-21(2)17(22)14-5-3-13(11-18)4-6-14/h3-6,9-10H,7-8H2,1-2H3,(H2,19,20). The molecule has 0 aliphatic heterocycles. The maximum Gasteiger partial charge on any atom is 0.253 e. The lowest BCUT2D eigenvalue weighted by molar-refractivity contribution is 0.0796. The number of anilines is 1. The molecule has 0 unspecified atom stereocenters. The topological polar surface area (TPSA) is 83.0 Å². The Labute approximate surface area is 130 Å². The van der Waals surface area contributed by atoms with Crippen LogP contribution in [0.3, 0.4) is 0 Å². The highest BCUT2D eigenvalue weighted by Gasteiger charge is 2.12. The number of aryl methyl sites for hydroxylation is 1. The zero-order valence-electron chi connectivity index (χ0n) is 12.7. The fourth-order valence-corrected chi connectivity index (χ4v) is 2.19. The molecule has 0 bridgehead atoms. The normalized spacial score (nSPS) is 10.0. The van der Waals surface area contributed by atoms with Gasteiger partial charge in [-0.3, -0.25) is 4.79 Å². The molecule has 2 aromatic rings. The van der Waals surface area contributed by atoms with Gasteiger partial charge >= 0.3 is 0 Å². The Hall–Kier alpha value is -2.87. The van der Waals surface area contributed by atoms with Crippen molar-refractivity contribution < 1.29 is 4.79 Å². The summed E-state index contributed by atoms with van der Waals surface area (Å²) >= 11 is 0. The molecule has 2 N–H and O–H groups in total. The predicted molar refractivity (Wildman–Crippen MR) is 85.2 cm³/mol. The van der Waals surface area contributed by atoms with Crippen molar-refractivity contribution in [2.75, 3.05) is 19.3 Å². The molecule has 1 aromatic heterocycles. The van der Waals surface area contributed by atoms with E-state index in [1.807, 2.05) is 25.1 Å². The first-order valence-corrected chi connectivity index (χ1v) is 6.98. The van der Waals surface area contributed by atoms with Crippen molar-refractivity contribution in [3.05, 3.63) is 58.8 Å². The third-order valence-corrected chi connectivity index (χ3v) is 3.35. The van der Waals surface area contributed by atoms with E-state index in [-0.39, 0.29) is 5.91 Å². The van der Waals surface area contributed by atoms with Crippen LogP contribution < -0.4 is 5.73 Å². The summed E-state index contributed by atoms with van der Waals surface area (Å²) in [5.74, 6) is 0.418. The molecule has 112 valence electrons. The van der Waals surface area contributed by atoms with E-state index in [2.05, 4.69) is 4.98 Å². The number of hydrogen-bond acceptors (Lipinski definition) is 4. The van der Waals surface area contributed by atoms with Crippen LogP contribution in [0, 0.1) is 18.3 Å². The lowest BCUT2D eigenvalue weighted by Gasteiger charge is -2.17. The zero-order valence-corrected chi connectivity index (χ0v) is 12.7. The van der Waals surface area contributed by atoms with E-state index in [9.17, 15) is 4.79 Å². The summed E-state index contributed by atoms with van der Waals surface area (Å²) in [4.78, 5) is 18.2. The number of pyridine rings is 1. The number of carbonyl (C=O) groups excluding carboxylic acids is 1. The van der Waals surface area contributed by atoms with Gasteiger partial charge in [0.1, 0.15) is 5.82 Å². The van der Waals surface area contributed by atoms with E-state index in [0.717, 1.165) is 11.3 Å². The number of rotatable bonds is 4. The van der Waals surface area contributed by atoms with Gasteiger partial charge in [-0.25, -0.2) is 4.98 Å². The maximum atomic E-state index is 12.3. The Morgan fingerprint density at radius 3 is 2.59 bits per heavy atom. The molecule has 0 fully saturated rings. The molecule has 22 heavy (non-hydrogen) atoms. The number of likely N-dealkylation sites (N-methyl/N-ethyl adjacent to an activating group) is 1. The number of carbonyl (C=O) groups is 1. The van der Waals surface area contributed by atoms with E-state index < -0.39 is 0 Å². The van der Waals surface area contributed by atoms with E-state index >= 15 is 0 Å². The molecule has 1 heterocycles. The van der Waals surface area contributed by atoms with Crippen LogP contribution >= 0.6 is 0 Å². The molecule has 5 nitrogen and oxygen atoms in total. The summed E-state index contributed by atoms with van der Waals surface area (Å²) in [6.07, 6.45) is 0.643. The van der Waals surface area contributed by atoms with Crippen molar-refractivity contribution in [3.63, 3.8) is 0 Å². The number of nitriles is 1. The molecule has 0 saturated carbocycles. The zero-order chi connectivity index (χ0) is 16.1. The van der Waals surface area contributed by atoms with Crippen LogP contribution in [0.15, 0.2) is 36.4 Å². The number of nitrogens with two attached hydrogens (primary N) is 1. The van der Waals surface area contributed by atoms with Crippen molar-refractivity contribution in [1.82, 2.24) is 9.88 Å². The fourth-order valence-electron chi connectivity index (χ4n) is 2.19. The van der Waals surface area contributed by atoms with Crippen molar-refractivity contribution >= 4 is 11.7 Å². The summed E-state index contributed by atoms with van der Waals surface area (Å²) in [6.45, 7) is 2.52. The van der Waals surface area contributed by atoms with Crippen LogP contribution in [0.4, 0.5) is 5.82 Å². The van der Waals surface area contributed by atoms with Gasteiger partial charge in [0.05, 0.1) is 11.6 Å². The monoisotopic (exact) mass is 294 g/mol. The van der Waals surface area contributed by atoms with Crippen molar-refractivity contribution in [2.45, 2.75) is 13.3 Å². The van der Waals surface area contributed by atoms with E-state index in [1.54, 1.807) is 36.2 Å². The SMILES string of the molecule is Cc1cc(N)nc(CCN(C)C(=O)c2ccc(C#N)cc2)c1. The summed E-state index contributed by atoms with van der Waals surface area (Å²) in [6, 6.07) is 12.4. The number of nitrogen functional groups attached to an aromatic ring is 1. The second-order valence-corrected chi connectivity index (χ2v) is 5.23. The average Bonchev–Trinajstić information content (AvgIpc) is 2.51. The molecule has 0 saturated heterocycles. The molecule has 0 radical (unpaired) electrons. The predicted octanol–water partition coefficient (Wildman–Crippen LogP) is 2.16. The first-order chi connectivity index (χ1) is 10.5. The van der Waals surface area contributed by atoms with Crippen LogP contribution in [0.5, 0.6) is 0 Å². The third kappa shape index (κ3) is 3.83. The minimum Gasteiger partial charge on any atom is -0.384 e. The van der Waals surface area contributed by atoms with Crippen LogP contribution in [-0.4, -0.2) is 29.4 Å². The Balaban J connectivity index is 2.00. The molecule has 0 atom stereocenters. The quantitative estimate of drug-likeness (QED) is 0.936. The van der Waals surface area contributed by atoms with Gasteiger partial charge in [0.2, 0.25) is 0 Å². The highest BCUT2D eigenvalue weighted by molar-refractivity contribution is 5.94. The molecule has 5 heteroatoms. The molecular formula is C17H18N4O. The minimum atomic E-state index is -0.0786. The minimum absolute atomic E-state index is 0.0786. The van der Waals surface area contributed by atoms with Gasteiger partial charge in [-0.2, -0.15) is 5.26 Å². The number of benzene rings is 1. The Morgan fingerprint density at radius 2 is 2.00 bits per heavy atom. The van der Waals surface area contributed by atoms with E-state index in [1.165, 1.54) is 0 Å². The van der Waals surface area contributed by atoms with Gasteiger partial charge in [0.25, 0.3) is 5.91 Å². The second-order valence-electron chi connectivity index (χ2n) is 5.23. The maximum absolute atomic E-state index is 12.3. The first kappa shape index (κ1) is 15.5. The summed E-state index contributed by atoms with van der Waals surface area (Å²) in [7, 11) is 1.75. The highest BCUT2D eigenvalue weighted by Crippen LogP contribution is 2.09. The summed E-state index contributed by atoms with van der Waals surface area (Å²) in [5.41, 5.74) is 8.77. The summed E-state index contributed by atoms with van der Waals surface area (Å²) < 4.78 is 0. The Bertz CT molecular complexity index is 696. The number of aromatic nitrogens is 1. The smallest absolute Gasteiger partial charge is 0.253 e. The third-order valence-electron chi connectivity index (χ3n) is 3.35. The lowest BCUT2D eigenvalue weighted by atomic mass is 10.1. The van der Waals surface area contributed by atoms with Crippen LogP contribution in [-0.2, 0) is 6.42 Å². The van der Waals surface area contributed by atoms with Crippen molar-refractivity contribution in [2.24, 2.45) is 0 Å². The van der Waals surface area contributed by atoms with E-state index in [0.29, 0.717) is 29.9 Å². The number of hydrogen-bond donors (Lipinski definition) is 1. The Morgan fingerprint density at radius 1 is 1.32 bits per heavy atom. The fraction of sp³-hybridized carbons (Fsp3) is 0.235. The van der Waals surface area contributed by atoms with Gasteiger partial charge in [0.15, 0.2) is 0 Å². The molecule has 1 amide bonds. The first-order valence-electron chi connectivity index (χ1n) is 6.98. The van der Waals surface area contributed by atoms with Crippen LogP contribution in [0.2, 0.25) is 0 Å². The lowest BCUT2D eigenvalue weighted by Crippen LogP contribution is -2.29. The number of amides is 1.